The summed E-state index contributed by atoms with van der Waals surface area (Å²) in [7, 11) is -4.03. The standard InChI is InChI=1S/C14H19N2O5S/c1-10(2)9-11(3)20-13-14(16(17)21-15-13)22(18,19)12-7-5-4-6-8-12/h4-8,10-11,15H,9H2,1-3H3/q+1. The second-order valence-corrected chi connectivity index (χ2v) is 7.32. The maximum atomic E-state index is 12.6. The van der Waals surface area contributed by atoms with Crippen molar-refractivity contribution < 1.29 is 22.4 Å². The van der Waals surface area contributed by atoms with Crippen molar-refractivity contribution in [1.29, 1.82) is 0 Å². The Kier molecular flexibility index (Phi) is 4.70. The molecule has 0 aliphatic rings. The Balaban J connectivity index is 2.40. The summed E-state index contributed by atoms with van der Waals surface area (Å²) in [5.41, 5.74) is 0. The summed E-state index contributed by atoms with van der Waals surface area (Å²) in [5, 5.41) is 1.65. The molecular weight excluding hydrogens is 308 g/mol. The highest BCUT2D eigenvalue weighted by molar-refractivity contribution is 7.91. The van der Waals surface area contributed by atoms with E-state index in [4.69, 9.17) is 4.74 Å². The fraction of sp³-hybridized carbons (Fsp3) is 0.429. The summed E-state index contributed by atoms with van der Waals surface area (Å²) in [6.07, 6.45) is 0.446. The Bertz CT molecular complexity index is 777. The van der Waals surface area contributed by atoms with Gasteiger partial charge >= 0.3 is 10.9 Å². The van der Waals surface area contributed by atoms with Crippen molar-refractivity contribution in [2.75, 3.05) is 0 Å². The van der Waals surface area contributed by atoms with Crippen molar-refractivity contribution in [2.45, 2.75) is 43.2 Å². The number of nitrogens with zero attached hydrogens (tertiary/aromatic N) is 1. The van der Waals surface area contributed by atoms with Crippen LogP contribution in [0.4, 0.5) is 0 Å². The predicted molar refractivity (Wildman–Crippen MR) is 77.9 cm³/mol. The number of rotatable bonds is 6. The fourth-order valence-corrected chi connectivity index (χ4v) is 3.48. The number of H-pyrrole nitrogens is 1. The SMILES string of the molecule is CC(C)CC(C)Oc1[nH]o[n+](=O)c1S(=O)(=O)c1ccccc1. The minimum absolute atomic E-state index is 0.00392. The number of hydrogen-bond acceptors (Lipinski definition) is 5. The molecule has 8 heteroatoms. The van der Waals surface area contributed by atoms with Crippen LogP contribution in [0, 0.1) is 10.8 Å². The number of ether oxygens (including phenoxy) is 1. The normalized spacial score (nSPS) is 13.3. The van der Waals surface area contributed by atoms with Crippen LogP contribution in [0.3, 0.4) is 0 Å². The molecule has 0 aliphatic heterocycles. The van der Waals surface area contributed by atoms with Crippen LogP contribution in [0.25, 0.3) is 0 Å². The van der Waals surface area contributed by atoms with Crippen LogP contribution in [0.5, 0.6) is 5.88 Å². The highest BCUT2D eigenvalue weighted by Gasteiger charge is 2.37. The number of benzene rings is 1. The van der Waals surface area contributed by atoms with Crippen LogP contribution in [0.15, 0.2) is 44.9 Å². The zero-order valence-electron chi connectivity index (χ0n) is 12.6. The van der Waals surface area contributed by atoms with Gasteiger partial charge < -0.3 is 4.74 Å². The van der Waals surface area contributed by atoms with Gasteiger partial charge in [-0.3, -0.25) is 0 Å². The lowest BCUT2D eigenvalue weighted by Gasteiger charge is -2.12. The molecule has 1 aromatic heterocycles. The summed E-state index contributed by atoms with van der Waals surface area (Å²) in [6.45, 7) is 5.84. The number of aromatic amines is 1. The highest BCUT2D eigenvalue weighted by atomic mass is 32.2. The Hall–Kier alpha value is -2.09. The van der Waals surface area contributed by atoms with E-state index in [0.29, 0.717) is 12.3 Å². The molecule has 0 radical (unpaired) electrons. The van der Waals surface area contributed by atoms with Gasteiger partial charge in [-0.15, -0.1) is 0 Å². The van der Waals surface area contributed by atoms with Crippen LogP contribution in [-0.2, 0) is 9.84 Å². The maximum absolute atomic E-state index is 12.6. The van der Waals surface area contributed by atoms with Crippen LogP contribution in [0.1, 0.15) is 27.2 Å². The van der Waals surface area contributed by atoms with E-state index in [1.807, 2.05) is 13.8 Å². The molecule has 0 saturated heterocycles. The second-order valence-electron chi connectivity index (χ2n) is 5.46. The molecule has 2 rings (SSSR count). The van der Waals surface area contributed by atoms with E-state index in [2.05, 4.69) is 9.79 Å². The average Bonchev–Trinajstić information content (AvgIpc) is 2.80. The van der Waals surface area contributed by atoms with Gasteiger partial charge in [0.2, 0.25) is 4.60 Å². The molecule has 120 valence electrons. The van der Waals surface area contributed by atoms with Crippen LogP contribution >= 0.6 is 0 Å². The summed E-state index contributed by atoms with van der Waals surface area (Å²) < 4.78 is 35.1. The van der Waals surface area contributed by atoms with Crippen molar-refractivity contribution >= 4 is 9.84 Å². The number of hydrogen-bond donors (Lipinski definition) is 1. The topological polar surface area (TPSA) is 95.3 Å². The second kappa shape index (κ2) is 6.35. The summed E-state index contributed by atoms with van der Waals surface area (Å²) in [4.78, 5) is 11.7. The smallest absolute Gasteiger partial charge is 0.404 e. The number of aromatic nitrogens is 2. The van der Waals surface area contributed by atoms with Gasteiger partial charge in [-0.05, 0) is 41.5 Å². The van der Waals surface area contributed by atoms with Gasteiger partial charge in [0.05, 0.1) is 4.90 Å². The van der Waals surface area contributed by atoms with Gasteiger partial charge in [0.25, 0.3) is 9.84 Å². The molecular formula is C14H19N2O5S+. The van der Waals surface area contributed by atoms with Gasteiger partial charge in [-0.1, -0.05) is 36.7 Å². The zero-order chi connectivity index (χ0) is 16.3. The molecule has 7 nitrogen and oxygen atoms in total. The maximum Gasteiger partial charge on any atom is 0.404 e. The van der Waals surface area contributed by atoms with Gasteiger partial charge in [0, 0.05) is 0 Å². The zero-order valence-corrected chi connectivity index (χ0v) is 13.5. The van der Waals surface area contributed by atoms with E-state index in [9.17, 15) is 13.3 Å². The fourth-order valence-electron chi connectivity index (χ4n) is 2.17. The van der Waals surface area contributed by atoms with Gasteiger partial charge in [0.15, 0.2) is 0 Å². The first kappa shape index (κ1) is 16.3. The Morgan fingerprint density at radius 2 is 1.86 bits per heavy atom. The molecule has 2 aromatic rings. The van der Waals surface area contributed by atoms with Crippen LogP contribution < -0.4 is 9.34 Å². The average molecular weight is 327 g/mol. The van der Waals surface area contributed by atoms with E-state index in [-0.39, 0.29) is 21.5 Å². The van der Waals surface area contributed by atoms with E-state index in [1.54, 1.807) is 25.1 Å². The van der Waals surface area contributed by atoms with Crippen LogP contribution in [-0.4, -0.2) is 19.7 Å². The van der Waals surface area contributed by atoms with E-state index < -0.39 is 14.9 Å². The monoisotopic (exact) mass is 327 g/mol. The lowest BCUT2D eigenvalue weighted by molar-refractivity contribution is -0.744. The van der Waals surface area contributed by atoms with Crippen molar-refractivity contribution in [3.8, 4) is 5.88 Å². The Morgan fingerprint density at radius 1 is 1.23 bits per heavy atom. The molecule has 1 aromatic carbocycles. The van der Waals surface area contributed by atoms with Crippen molar-refractivity contribution in [3.05, 3.63) is 35.2 Å². The molecule has 0 saturated carbocycles. The van der Waals surface area contributed by atoms with Crippen LogP contribution in [0.2, 0.25) is 0 Å². The van der Waals surface area contributed by atoms with E-state index in [1.165, 1.54) is 12.1 Å². The Morgan fingerprint density at radius 3 is 2.45 bits per heavy atom. The summed E-state index contributed by atoms with van der Waals surface area (Å²) in [6, 6.07) is 7.66. The molecule has 0 amide bonds. The third-order valence-electron chi connectivity index (χ3n) is 3.01. The molecule has 0 fully saturated rings. The third kappa shape index (κ3) is 3.38. The largest absolute Gasteiger partial charge is 0.453 e. The molecule has 22 heavy (non-hydrogen) atoms. The van der Waals surface area contributed by atoms with Crippen molar-refractivity contribution in [1.82, 2.24) is 5.16 Å². The lowest BCUT2D eigenvalue weighted by atomic mass is 10.1. The third-order valence-corrected chi connectivity index (χ3v) is 4.75. The molecule has 0 aliphatic carbocycles. The predicted octanol–water partition coefficient (Wildman–Crippen LogP) is 2.17. The molecule has 1 atom stereocenters. The van der Waals surface area contributed by atoms with Crippen molar-refractivity contribution in [2.24, 2.45) is 5.92 Å². The van der Waals surface area contributed by atoms with Crippen molar-refractivity contribution in [3.63, 3.8) is 0 Å². The molecule has 0 bridgehead atoms. The molecule has 1 unspecified atom stereocenters. The molecule has 0 spiro atoms. The minimum Gasteiger partial charge on any atom is -0.453 e. The summed E-state index contributed by atoms with van der Waals surface area (Å²) >= 11 is 0. The first-order valence-electron chi connectivity index (χ1n) is 6.93. The minimum atomic E-state index is -4.03. The summed E-state index contributed by atoms with van der Waals surface area (Å²) in [5.74, 6) is 0.183. The first-order valence-corrected chi connectivity index (χ1v) is 8.42. The lowest BCUT2D eigenvalue weighted by Crippen LogP contribution is -2.23. The molecule has 1 N–H and O–H groups in total. The van der Waals surface area contributed by atoms with Gasteiger partial charge in [-0.2, -0.15) is 0 Å². The van der Waals surface area contributed by atoms with Gasteiger partial charge in [-0.25, -0.2) is 8.42 Å². The highest BCUT2D eigenvalue weighted by Crippen LogP contribution is 2.25. The Labute approximate surface area is 128 Å². The van der Waals surface area contributed by atoms with E-state index in [0.717, 1.165) is 0 Å². The number of nitrogens with one attached hydrogen (secondary N) is 1. The quantitative estimate of drug-likeness (QED) is 0.877. The first-order chi connectivity index (χ1) is 10.3. The number of sulfone groups is 1. The van der Waals surface area contributed by atoms with Gasteiger partial charge in [0.1, 0.15) is 6.10 Å². The molecule has 1 heterocycles. The van der Waals surface area contributed by atoms with E-state index >= 15 is 0 Å².